The van der Waals surface area contributed by atoms with Crippen LogP contribution in [-0.2, 0) is 4.79 Å². The maximum absolute atomic E-state index is 13.3. The summed E-state index contributed by atoms with van der Waals surface area (Å²) in [5.74, 6) is 0.617. The fraction of sp³-hybridized carbons (Fsp3) is 0.417. The second-order valence-electron chi connectivity index (χ2n) is 8.29. The van der Waals surface area contributed by atoms with Gasteiger partial charge in [0.15, 0.2) is 0 Å². The fourth-order valence-corrected chi connectivity index (χ4v) is 4.43. The summed E-state index contributed by atoms with van der Waals surface area (Å²) in [6.07, 6.45) is 0. The number of benzene rings is 2. The van der Waals surface area contributed by atoms with Gasteiger partial charge < -0.3 is 19.7 Å². The largest absolute Gasteiger partial charge is 0.497 e. The molecule has 2 atom stereocenters. The third-order valence-corrected chi connectivity index (χ3v) is 6.18. The first kappa shape index (κ1) is 24.2. The van der Waals surface area contributed by atoms with Gasteiger partial charge in [0.25, 0.3) is 5.91 Å². The van der Waals surface area contributed by atoms with Crippen LogP contribution in [0.1, 0.15) is 35.7 Å². The van der Waals surface area contributed by atoms with Crippen LogP contribution >= 0.6 is 23.2 Å². The fourth-order valence-electron chi connectivity index (χ4n) is 3.94. The Kier molecular flexibility index (Phi) is 7.91. The van der Waals surface area contributed by atoms with Crippen LogP contribution in [0, 0.1) is 11.8 Å². The molecule has 172 valence electrons. The van der Waals surface area contributed by atoms with Crippen LogP contribution in [0.3, 0.4) is 0 Å². The summed E-state index contributed by atoms with van der Waals surface area (Å²) in [7, 11) is 3.17. The van der Waals surface area contributed by atoms with Gasteiger partial charge in [-0.15, -0.1) is 0 Å². The van der Waals surface area contributed by atoms with Crippen LogP contribution in [0.15, 0.2) is 36.4 Å². The molecule has 1 N–H and O–H groups in total. The molecule has 2 aromatic carbocycles. The minimum absolute atomic E-state index is 0.0842. The second kappa shape index (κ2) is 10.5. The van der Waals surface area contributed by atoms with E-state index in [-0.39, 0.29) is 29.3 Å². The molecule has 1 fully saturated rings. The lowest BCUT2D eigenvalue weighted by Gasteiger charge is -2.21. The number of amides is 2. The Morgan fingerprint density at radius 3 is 2.47 bits per heavy atom. The number of methoxy groups -OCH3 is 2. The number of likely N-dealkylation sites (tertiary alicyclic amines) is 1. The number of ether oxygens (including phenoxy) is 2. The third kappa shape index (κ3) is 5.30. The maximum atomic E-state index is 13.3. The summed E-state index contributed by atoms with van der Waals surface area (Å²) >= 11 is 12.3. The molecule has 8 heteroatoms. The molecule has 2 aromatic rings. The predicted molar refractivity (Wildman–Crippen MR) is 126 cm³/mol. The second-order valence-corrected chi connectivity index (χ2v) is 9.14. The number of rotatable bonds is 7. The molecule has 0 bridgehead atoms. The van der Waals surface area contributed by atoms with Crippen LogP contribution in [0.5, 0.6) is 11.5 Å². The Morgan fingerprint density at radius 1 is 1.09 bits per heavy atom. The van der Waals surface area contributed by atoms with Gasteiger partial charge in [0, 0.05) is 42.2 Å². The molecule has 0 spiro atoms. The highest BCUT2D eigenvalue weighted by molar-refractivity contribution is 6.36. The molecule has 32 heavy (non-hydrogen) atoms. The highest BCUT2D eigenvalue weighted by Gasteiger charge is 2.42. The Bertz CT molecular complexity index is 996. The zero-order chi connectivity index (χ0) is 23.4. The van der Waals surface area contributed by atoms with Crippen LogP contribution in [-0.4, -0.2) is 50.6 Å². The van der Waals surface area contributed by atoms with E-state index in [2.05, 4.69) is 5.32 Å². The van der Waals surface area contributed by atoms with Crippen molar-refractivity contribution in [3.63, 3.8) is 0 Å². The Hall–Kier alpha value is -2.44. The summed E-state index contributed by atoms with van der Waals surface area (Å²) < 4.78 is 10.9. The topological polar surface area (TPSA) is 67.9 Å². The van der Waals surface area contributed by atoms with Gasteiger partial charge in [0.2, 0.25) is 5.91 Å². The molecule has 0 radical (unpaired) electrons. The number of halogens is 2. The smallest absolute Gasteiger partial charge is 0.255 e. The van der Waals surface area contributed by atoms with Crippen molar-refractivity contribution in [3.8, 4) is 11.5 Å². The van der Waals surface area contributed by atoms with Crippen molar-refractivity contribution in [2.45, 2.75) is 19.8 Å². The molecule has 2 amide bonds. The van der Waals surface area contributed by atoms with E-state index in [0.29, 0.717) is 41.1 Å². The normalized spacial score (nSPS) is 18.0. The summed E-state index contributed by atoms with van der Waals surface area (Å²) in [5.41, 5.74) is 1.22. The number of hydrogen-bond acceptors (Lipinski definition) is 4. The molecule has 0 saturated carbocycles. The van der Waals surface area contributed by atoms with Crippen LogP contribution in [0.4, 0.5) is 0 Å². The van der Waals surface area contributed by atoms with E-state index < -0.39 is 5.92 Å². The molecule has 1 aliphatic heterocycles. The number of carbonyl (C=O) groups is 2. The Labute approximate surface area is 198 Å². The van der Waals surface area contributed by atoms with E-state index in [1.165, 1.54) is 0 Å². The minimum atomic E-state index is -0.425. The first-order valence-corrected chi connectivity index (χ1v) is 11.2. The van der Waals surface area contributed by atoms with Crippen LogP contribution in [0.2, 0.25) is 10.0 Å². The van der Waals surface area contributed by atoms with E-state index in [9.17, 15) is 9.59 Å². The summed E-state index contributed by atoms with van der Waals surface area (Å²) in [6.45, 7) is 5.29. The van der Waals surface area contributed by atoms with Gasteiger partial charge in [-0.05, 0) is 30.2 Å². The monoisotopic (exact) mass is 478 g/mol. The van der Waals surface area contributed by atoms with Crippen molar-refractivity contribution in [2.24, 2.45) is 11.8 Å². The quantitative estimate of drug-likeness (QED) is 0.629. The summed E-state index contributed by atoms with van der Waals surface area (Å²) in [5, 5.41) is 3.76. The SMILES string of the molecule is COc1ccc([C@H]2CN(C(=O)c3ccc(Cl)cc3Cl)C[C@@H]2C(=O)NCC(C)C)c(OC)c1. The van der Waals surface area contributed by atoms with E-state index in [1.54, 1.807) is 43.4 Å². The lowest BCUT2D eigenvalue weighted by atomic mass is 9.87. The highest BCUT2D eigenvalue weighted by atomic mass is 35.5. The number of nitrogens with one attached hydrogen (secondary N) is 1. The third-order valence-electron chi connectivity index (χ3n) is 5.63. The minimum Gasteiger partial charge on any atom is -0.497 e. The predicted octanol–water partition coefficient (Wildman–Crippen LogP) is 4.64. The number of carbonyl (C=O) groups excluding carboxylic acids is 2. The van der Waals surface area contributed by atoms with Gasteiger partial charge in [0.05, 0.1) is 30.7 Å². The lowest BCUT2D eigenvalue weighted by Crippen LogP contribution is -2.37. The van der Waals surface area contributed by atoms with Crippen molar-refractivity contribution in [1.82, 2.24) is 10.2 Å². The molecular weight excluding hydrogens is 451 g/mol. The molecule has 0 unspecified atom stereocenters. The Morgan fingerprint density at radius 2 is 1.84 bits per heavy atom. The molecule has 1 heterocycles. The first-order valence-electron chi connectivity index (χ1n) is 10.5. The number of nitrogens with zero attached hydrogens (tertiary/aromatic N) is 1. The van der Waals surface area contributed by atoms with Crippen molar-refractivity contribution in [1.29, 1.82) is 0 Å². The van der Waals surface area contributed by atoms with E-state index in [1.807, 2.05) is 26.0 Å². The zero-order valence-electron chi connectivity index (χ0n) is 18.7. The first-order chi connectivity index (χ1) is 15.2. The Balaban J connectivity index is 1.94. The van der Waals surface area contributed by atoms with Crippen molar-refractivity contribution >= 4 is 35.0 Å². The molecule has 0 aliphatic carbocycles. The van der Waals surface area contributed by atoms with Crippen LogP contribution < -0.4 is 14.8 Å². The standard InChI is InChI=1S/C24H28Cl2N2O4/c1-14(2)11-27-23(29)20-13-28(24(30)18-7-5-15(25)9-21(18)26)12-19(20)17-8-6-16(31-3)10-22(17)32-4/h5-10,14,19-20H,11-13H2,1-4H3,(H,27,29)/t19-,20+/m1/s1. The average molecular weight is 479 g/mol. The van der Waals surface area contributed by atoms with Gasteiger partial charge in [0.1, 0.15) is 11.5 Å². The molecule has 3 rings (SSSR count). The van der Waals surface area contributed by atoms with Crippen LogP contribution in [0.25, 0.3) is 0 Å². The van der Waals surface area contributed by atoms with Gasteiger partial charge in [-0.3, -0.25) is 9.59 Å². The molecule has 1 aliphatic rings. The van der Waals surface area contributed by atoms with E-state index >= 15 is 0 Å². The van der Waals surface area contributed by atoms with Gasteiger partial charge in [-0.2, -0.15) is 0 Å². The zero-order valence-corrected chi connectivity index (χ0v) is 20.2. The molecular formula is C24H28Cl2N2O4. The van der Waals surface area contributed by atoms with Gasteiger partial charge >= 0.3 is 0 Å². The van der Waals surface area contributed by atoms with Crippen molar-refractivity contribution < 1.29 is 19.1 Å². The van der Waals surface area contributed by atoms with Gasteiger partial charge in [-0.25, -0.2) is 0 Å². The van der Waals surface area contributed by atoms with Crippen molar-refractivity contribution in [3.05, 3.63) is 57.6 Å². The number of hydrogen-bond donors (Lipinski definition) is 1. The molecule has 1 saturated heterocycles. The maximum Gasteiger partial charge on any atom is 0.255 e. The highest BCUT2D eigenvalue weighted by Crippen LogP contribution is 2.40. The van der Waals surface area contributed by atoms with E-state index in [4.69, 9.17) is 32.7 Å². The average Bonchev–Trinajstić information content (AvgIpc) is 3.21. The lowest BCUT2D eigenvalue weighted by molar-refractivity contribution is -0.125. The molecule has 6 nitrogen and oxygen atoms in total. The molecule has 0 aromatic heterocycles. The van der Waals surface area contributed by atoms with E-state index in [0.717, 1.165) is 5.56 Å². The summed E-state index contributed by atoms with van der Waals surface area (Å²) in [4.78, 5) is 28.0. The van der Waals surface area contributed by atoms with Gasteiger partial charge in [-0.1, -0.05) is 43.1 Å². The van der Waals surface area contributed by atoms with Crippen molar-refractivity contribution in [2.75, 3.05) is 33.9 Å². The summed E-state index contributed by atoms with van der Waals surface area (Å²) in [6, 6.07) is 10.3.